The Morgan fingerprint density at radius 1 is 1.25 bits per heavy atom. The molecule has 0 saturated heterocycles. The standard InChI is InChI=1S/C15H18N4O/c1-3-17-13-4-5-14(18-10-13)15(20)19-9-12-6-7-16-8-11(12)2/h4-8,10,17H,3,9H2,1-2H3,(H,19,20). The van der Waals surface area contributed by atoms with E-state index < -0.39 is 0 Å². The number of aromatic nitrogens is 2. The molecule has 5 nitrogen and oxygen atoms in total. The van der Waals surface area contributed by atoms with Gasteiger partial charge in [-0.15, -0.1) is 0 Å². The minimum Gasteiger partial charge on any atom is -0.384 e. The third-order valence-corrected chi connectivity index (χ3v) is 2.95. The molecule has 0 unspecified atom stereocenters. The van der Waals surface area contributed by atoms with Crippen LogP contribution < -0.4 is 10.6 Å². The van der Waals surface area contributed by atoms with Crippen LogP contribution in [0.15, 0.2) is 36.8 Å². The Morgan fingerprint density at radius 3 is 2.75 bits per heavy atom. The van der Waals surface area contributed by atoms with Crippen molar-refractivity contribution in [1.29, 1.82) is 0 Å². The number of nitrogens with one attached hydrogen (secondary N) is 2. The number of hydrogen-bond donors (Lipinski definition) is 2. The van der Waals surface area contributed by atoms with E-state index in [1.54, 1.807) is 24.7 Å². The lowest BCUT2D eigenvalue weighted by Gasteiger charge is -2.08. The summed E-state index contributed by atoms with van der Waals surface area (Å²) < 4.78 is 0. The number of hydrogen-bond acceptors (Lipinski definition) is 4. The van der Waals surface area contributed by atoms with Crippen molar-refractivity contribution >= 4 is 11.6 Å². The molecule has 2 N–H and O–H groups in total. The second-order valence-corrected chi connectivity index (χ2v) is 4.45. The van der Waals surface area contributed by atoms with Crippen molar-refractivity contribution in [2.75, 3.05) is 11.9 Å². The minimum atomic E-state index is -0.177. The van der Waals surface area contributed by atoms with Crippen molar-refractivity contribution in [3.63, 3.8) is 0 Å². The summed E-state index contributed by atoms with van der Waals surface area (Å²) in [5.74, 6) is -0.177. The monoisotopic (exact) mass is 270 g/mol. The Kier molecular flexibility index (Phi) is 4.65. The molecule has 0 aliphatic rings. The Hall–Kier alpha value is -2.43. The highest BCUT2D eigenvalue weighted by molar-refractivity contribution is 5.92. The predicted octanol–water partition coefficient (Wildman–Crippen LogP) is 2.15. The molecule has 1 amide bonds. The summed E-state index contributed by atoms with van der Waals surface area (Å²) >= 11 is 0. The SMILES string of the molecule is CCNc1ccc(C(=O)NCc2ccncc2C)nc1. The Bertz CT molecular complexity index is 581. The van der Waals surface area contributed by atoms with Gasteiger partial charge in [0, 0.05) is 25.5 Å². The summed E-state index contributed by atoms with van der Waals surface area (Å²) in [7, 11) is 0. The molecule has 0 radical (unpaired) electrons. The second-order valence-electron chi connectivity index (χ2n) is 4.45. The molecule has 20 heavy (non-hydrogen) atoms. The lowest BCUT2D eigenvalue weighted by molar-refractivity contribution is 0.0946. The van der Waals surface area contributed by atoms with Gasteiger partial charge in [0.15, 0.2) is 0 Å². The summed E-state index contributed by atoms with van der Waals surface area (Å²) in [4.78, 5) is 20.2. The van der Waals surface area contributed by atoms with Crippen molar-refractivity contribution in [2.24, 2.45) is 0 Å². The number of carbonyl (C=O) groups is 1. The molecule has 104 valence electrons. The first kappa shape index (κ1) is 14.0. The van der Waals surface area contributed by atoms with Crippen LogP contribution in [-0.2, 0) is 6.54 Å². The zero-order valence-corrected chi connectivity index (χ0v) is 11.7. The average Bonchev–Trinajstić information content (AvgIpc) is 2.47. The van der Waals surface area contributed by atoms with Crippen molar-refractivity contribution in [1.82, 2.24) is 15.3 Å². The largest absolute Gasteiger partial charge is 0.384 e. The van der Waals surface area contributed by atoms with E-state index in [2.05, 4.69) is 20.6 Å². The lowest BCUT2D eigenvalue weighted by Crippen LogP contribution is -2.24. The molecular weight excluding hydrogens is 252 g/mol. The third-order valence-electron chi connectivity index (χ3n) is 2.95. The number of aryl methyl sites for hydroxylation is 1. The van der Waals surface area contributed by atoms with Gasteiger partial charge in [-0.05, 0) is 43.2 Å². The van der Waals surface area contributed by atoms with E-state index in [0.29, 0.717) is 12.2 Å². The molecule has 0 aliphatic heterocycles. The first-order valence-electron chi connectivity index (χ1n) is 6.58. The van der Waals surface area contributed by atoms with Crippen LogP contribution in [0.2, 0.25) is 0 Å². The normalized spacial score (nSPS) is 10.1. The molecule has 2 aromatic rings. The van der Waals surface area contributed by atoms with Crippen LogP contribution in [0.3, 0.4) is 0 Å². The molecule has 0 fully saturated rings. The summed E-state index contributed by atoms with van der Waals surface area (Å²) in [6.07, 6.45) is 5.17. The van der Waals surface area contributed by atoms with Crippen molar-refractivity contribution in [3.8, 4) is 0 Å². The maximum absolute atomic E-state index is 12.0. The highest BCUT2D eigenvalue weighted by Crippen LogP contribution is 2.07. The fourth-order valence-corrected chi connectivity index (χ4v) is 1.80. The summed E-state index contributed by atoms with van der Waals surface area (Å²) in [6, 6.07) is 5.47. The summed E-state index contributed by atoms with van der Waals surface area (Å²) in [5.41, 5.74) is 3.44. The fraction of sp³-hybridized carbons (Fsp3) is 0.267. The molecule has 0 bridgehead atoms. The van der Waals surface area contributed by atoms with Gasteiger partial charge in [0.05, 0.1) is 11.9 Å². The minimum absolute atomic E-state index is 0.177. The van der Waals surface area contributed by atoms with Crippen LogP contribution in [-0.4, -0.2) is 22.4 Å². The zero-order chi connectivity index (χ0) is 14.4. The summed E-state index contributed by atoms with van der Waals surface area (Å²) in [5, 5.41) is 6.00. The van der Waals surface area contributed by atoms with E-state index in [1.807, 2.05) is 26.0 Å². The van der Waals surface area contributed by atoms with Gasteiger partial charge in [-0.2, -0.15) is 0 Å². The number of carbonyl (C=O) groups excluding carboxylic acids is 1. The molecule has 5 heteroatoms. The number of anilines is 1. The molecular formula is C15H18N4O. The van der Waals surface area contributed by atoms with Gasteiger partial charge in [-0.25, -0.2) is 4.98 Å². The smallest absolute Gasteiger partial charge is 0.270 e. The van der Waals surface area contributed by atoms with Crippen LogP contribution in [0.5, 0.6) is 0 Å². The van der Waals surface area contributed by atoms with E-state index in [9.17, 15) is 4.79 Å². The highest BCUT2D eigenvalue weighted by atomic mass is 16.1. The Morgan fingerprint density at radius 2 is 2.10 bits per heavy atom. The van der Waals surface area contributed by atoms with Crippen LogP contribution >= 0.6 is 0 Å². The van der Waals surface area contributed by atoms with Crippen molar-refractivity contribution in [2.45, 2.75) is 20.4 Å². The number of nitrogens with zero attached hydrogens (tertiary/aromatic N) is 2. The van der Waals surface area contributed by atoms with Crippen LogP contribution in [0, 0.1) is 6.92 Å². The maximum Gasteiger partial charge on any atom is 0.270 e. The van der Waals surface area contributed by atoms with Crippen LogP contribution in [0.25, 0.3) is 0 Å². The zero-order valence-electron chi connectivity index (χ0n) is 11.7. The van der Waals surface area contributed by atoms with Gasteiger partial charge in [0.2, 0.25) is 0 Å². The summed E-state index contributed by atoms with van der Waals surface area (Å²) in [6.45, 7) is 5.29. The molecule has 0 aliphatic carbocycles. The number of amides is 1. The predicted molar refractivity (Wildman–Crippen MR) is 78.5 cm³/mol. The maximum atomic E-state index is 12.0. The average molecular weight is 270 g/mol. The van der Waals surface area contributed by atoms with Gasteiger partial charge in [0.1, 0.15) is 5.69 Å². The van der Waals surface area contributed by atoms with Gasteiger partial charge in [0.25, 0.3) is 5.91 Å². The lowest BCUT2D eigenvalue weighted by atomic mass is 10.1. The molecule has 0 aromatic carbocycles. The van der Waals surface area contributed by atoms with E-state index in [-0.39, 0.29) is 5.91 Å². The number of rotatable bonds is 5. The highest BCUT2D eigenvalue weighted by Gasteiger charge is 2.07. The molecule has 2 rings (SSSR count). The first-order chi connectivity index (χ1) is 9.70. The topological polar surface area (TPSA) is 66.9 Å². The third kappa shape index (κ3) is 3.54. The van der Waals surface area contributed by atoms with Gasteiger partial charge < -0.3 is 10.6 Å². The van der Waals surface area contributed by atoms with Crippen molar-refractivity contribution < 1.29 is 4.79 Å². The molecule has 2 heterocycles. The van der Waals surface area contributed by atoms with E-state index in [4.69, 9.17) is 0 Å². The second kappa shape index (κ2) is 6.65. The molecule has 0 saturated carbocycles. The molecule has 0 spiro atoms. The Labute approximate surface area is 118 Å². The van der Waals surface area contributed by atoms with E-state index >= 15 is 0 Å². The van der Waals surface area contributed by atoms with Crippen LogP contribution in [0.1, 0.15) is 28.5 Å². The van der Waals surface area contributed by atoms with Crippen molar-refractivity contribution in [3.05, 3.63) is 53.6 Å². The van der Waals surface area contributed by atoms with Gasteiger partial charge >= 0.3 is 0 Å². The van der Waals surface area contributed by atoms with E-state index in [1.165, 1.54) is 0 Å². The van der Waals surface area contributed by atoms with Gasteiger partial charge in [-0.1, -0.05) is 0 Å². The van der Waals surface area contributed by atoms with E-state index in [0.717, 1.165) is 23.4 Å². The van der Waals surface area contributed by atoms with Crippen LogP contribution in [0.4, 0.5) is 5.69 Å². The Balaban J connectivity index is 1.96. The number of pyridine rings is 2. The van der Waals surface area contributed by atoms with Gasteiger partial charge in [-0.3, -0.25) is 9.78 Å². The fourth-order valence-electron chi connectivity index (χ4n) is 1.80. The molecule has 2 aromatic heterocycles. The quantitative estimate of drug-likeness (QED) is 0.873. The first-order valence-corrected chi connectivity index (χ1v) is 6.58. The molecule has 0 atom stereocenters.